The van der Waals surface area contributed by atoms with Crippen LogP contribution in [0.4, 0.5) is 5.82 Å². The van der Waals surface area contributed by atoms with E-state index in [0.717, 1.165) is 17.1 Å². The first-order valence-electron chi connectivity index (χ1n) is 5.86. The number of hydrogen-bond donors (Lipinski definition) is 2. The van der Waals surface area contributed by atoms with Crippen LogP contribution in [0, 0.1) is 6.92 Å². The highest BCUT2D eigenvalue weighted by atomic mass is 15.4. The summed E-state index contributed by atoms with van der Waals surface area (Å²) in [4.78, 5) is 4.58. The molecule has 0 saturated carbocycles. The molecule has 2 aromatic heterocycles. The Labute approximate surface area is 107 Å². The van der Waals surface area contributed by atoms with Gasteiger partial charge in [-0.15, -0.1) is 0 Å². The number of nitrogen functional groups attached to an aromatic ring is 2. The summed E-state index contributed by atoms with van der Waals surface area (Å²) in [6, 6.07) is 0. The monoisotopic (exact) mass is 248 g/mol. The molecule has 0 bridgehead atoms. The smallest absolute Gasteiger partial charge is 0.150 e. The Bertz CT molecular complexity index is 584. The number of nitrogens with zero attached hydrogens (tertiary/aromatic N) is 4. The number of aryl methyl sites for hydroxylation is 1. The van der Waals surface area contributed by atoms with Gasteiger partial charge >= 0.3 is 0 Å². The van der Waals surface area contributed by atoms with Crippen molar-refractivity contribution in [2.24, 2.45) is 7.05 Å². The first kappa shape index (κ1) is 12.5. The molecule has 2 aromatic rings. The van der Waals surface area contributed by atoms with Gasteiger partial charge in [0, 0.05) is 23.7 Å². The lowest BCUT2D eigenvalue weighted by Crippen LogP contribution is -2.24. The van der Waals surface area contributed by atoms with Gasteiger partial charge in [0.1, 0.15) is 11.5 Å². The molecule has 0 aliphatic heterocycles. The maximum absolute atomic E-state index is 6.05. The highest BCUT2D eigenvalue weighted by molar-refractivity contribution is 5.72. The first-order chi connectivity index (χ1) is 8.23. The molecule has 6 heteroatoms. The maximum atomic E-state index is 6.05. The molecule has 0 atom stereocenters. The van der Waals surface area contributed by atoms with Crippen LogP contribution in [0.5, 0.6) is 0 Å². The van der Waals surface area contributed by atoms with Gasteiger partial charge in [-0.05, 0) is 6.92 Å². The average Bonchev–Trinajstić information content (AvgIpc) is 2.72. The second-order valence-electron chi connectivity index (χ2n) is 5.56. The Morgan fingerprint density at radius 3 is 2.28 bits per heavy atom. The number of rotatable bonds is 1. The number of imidazole rings is 1. The SMILES string of the molecule is Cc1c(-c2nc(C(C)(C)C)n(N)c2N)cnn1C. The lowest BCUT2D eigenvalue weighted by atomic mass is 9.96. The summed E-state index contributed by atoms with van der Waals surface area (Å²) in [5, 5.41) is 4.21. The molecule has 98 valence electrons. The Kier molecular flexibility index (Phi) is 2.61. The molecule has 0 aliphatic rings. The molecule has 0 saturated heterocycles. The van der Waals surface area contributed by atoms with Crippen LogP contribution >= 0.6 is 0 Å². The normalized spacial score (nSPS) is 12.1. The maximum Gasteiger partial charge on any atom is 0.150 e. The Balaban J connectivity index is 2.64. The van der Waals surface area contributed by atoms with Gasteiger partial charge in [0.25, 0.3) is 0 Å². The molecule has 4 N–H and O–H groups in total. The fourth-order valence-electron chi connectivity index (χ4n) is 1.90. The number of anilines is 1. The molecule has 2 heterocycles. The molecule has 0 amide bonds. The molecule has 0 unspecified atom stereocenters. The molecule has 6 nitrogen and oxygen atoms in total. The van der Waals surface area contributed by atoms with Gasteiger partial charge in [-0.2, -0.15) is 5.10 Å². The highest BCUT2D eigenvalue weighted by Crippen LogP contribution is 2.31. The van der Waals surface area contributed by atoms with Crippen molar-refractivity contribution < 1.29 is 0 Å². The topological polar surface area (TPSA) is 87.7 Å². The second-order valence-corrected chi connectivity index (χ2v) is 5.56. The molecule has 18 heavy (non-hydrogen) atoms. The van der Waals surface area contributed by atoms with E-state index in [1.165, 1.54) is 4.68 Å². The van der Waals surface area contributed by atoms with Gasteiger partial charge in [0.05, 0.1) is 6.20 Å². The predicted molar refractivity (Wildman–Crippen MR) is 72.4 cm³/mol. The van der Waals surface area contributed by atoms with Crippen LogP contribution in [-0.4, -0.2) is 19.4 Å². The molecule has 2 rings (SSSR count). The lowest BCUT2D eigenvalue weighted by Gasteiger charge is -2.17. The summed E-state index contributed by atoms with van der Waals surface area (Å²) in [5.74, 6) is 7.22. The van der Waals surface area contributed by atoms with Crippen molar-refractivity contribution in [1.82, 2.24) is 19.4 Å². The van der Waals surface area contributed by atoms with Gasteiger partial charge in [-0.3, -0.25) is 4.68 Å². The fourth-order valence-corrected chi connectivity index (χ4v) is 1.90. The molecule has 0 aromatic carbocycles. The van der Waals surface area contributed by atoms with Gasteiger partial charge in [-0.25, -0.2) is 9.66 Å². The zero-order valence-electron chi connectivity index (χ0n) is 11.5. The van der Waals surface area contributed by atoms with Crippen LogP contribution < -0.4 is 11.6 Å². The van der Waals surface area contributed by atoms with Crippen LogP contribution in [0.15, 0.2) is 6.20 Å². The van der Waals surface area contributed by atoms with Crippen LogP contribution in [-0.2, 0) is 12.5 Å². The third kappa shape index (κ3) is 1.73. The minimum atomic E-state index is -0.156. The van der Waals surface area contributed by atoms with Crippen LogP contribution in [0.1, 0.15) is 32.3 Å². The standard InChI is InChI=1S/C12H20N6/c1-7-8(6-15-17(7)5)9-10(13)18(14)11(16-9)12(2,3)4/h6H,13-14H2,1-5H3. The van der Waals surface area contributed by atoms with Crippen LogP contribution in [0.25, 0.3) is 11.3 Å². The third-order valence-electron chi connectivity index (χ3n) is 3.11. The van der Waals surface area contributed by atoms with E-state index in [9.17, 15) is 0 Å². The van der Waals surface area contributed by atoms with Crippen molar-refractivity contribution in [2.75, 3.05) is 11.6 Å². The van der Waals surface area contributed by atoms with Crippen molar-refractivity contribution in [3.8, 4) is 11.3 Å². The summed E-state index contributed by atoms with van der Waals surface area (Å²) >= 11 is 0. The van der Waals surface area contributed by atoms with E-state index in [1.807, 2.05) is 14.0 Å². The van der Waals surface area contributed by atoms with E-state index in [-0.39, 0.29) is 5.41 Å². The van der Waals surface area contributed by atoms with Crippen molar-refractivity contribution in [1.29, 1.82) is 0 Å². The minimum Gasteiger partial charge on any atom is -0.382 e. The zero-order chi connectivity index (χ0) is 13.7. The van der Waals surface area contributed by atoms with E-state index in [1.54, 1.807) is 10.9 Å². The first-order valence-corrected chi connectivity index (χ1v) is 5.86. The summed E-state index contributed by atoms with van der Waals surface area (Å²) in [5.41, 5.74) is 8.53. The van der Waals surface area contributed by atoms with Crippen molar-refractivity contribution >= 4 is 5.82 Å². The number of aromatic nitrogens is 4. The van der Waals surface area contributed by atoms with Crippen LogP contribution in [0.2, 0.25) is 0 Å². The van der Waals surface area contributed by atoms with E-state index in [2.05, 4.69) is 30.9 Å². The molecule has 0 radical (unpaired) electrons. The summed E-state index contributed by atoms with van der Waals surface area (Å²) in [6.45, 7) is 8.14. The van der Waals surface area contributed by atoms with E-state index in [0.29, 0.717) is 11.5 Å². The van der Waals surface area contributed by atoms with E-state index >= 15 is 0 Å². The quantitative estimate of drug-likeness (QED) is 0.742. The van der Waals surface area contributed by atoms with Crippen molar-refractivity contribution in [2.45, 2.75) is 33.1 Å². The Morgan fingerprint density at radius 1 is 1.28 bits per heavy atom. The average molecular weight is 248 g/mol. The fraction of sp³-hybridized carbons (Fsp3) is 0.500. The van der Waals surface area contributed by atoms with E-state index in [4.69, 9.17) is 11.6 Å². The lowest BCUT2D eigenvalue weighted by molar-refractivity contribution is 0.532. The third-order valence-corrected chi connectivity index (χ3v) is 3.11. The highest BCUT2D eigenvalue weighted by Gasteiger charge is 2.25. The molecular formula is C12H20N6. The predicted octanol–water partition coefficient (Wildman–Crippen LogP) is 1.19. The van der Waals surface area contributed by atoms with E-state index < -0.39 is 0 Å². The molecule has 0 aliphatic carbocycles. The molecular weight excluding hydrogens is 228 g/mol. The van der Waals surface area contributed by atoms with Gasteiger partial charge in [0.15, 0.2) is 5.82 Å². The number of hydrogen-bond acceptors (Lipinski definition) is 4. The van der Waals surface area contributed by atoms with Gasteiger partial charge < -0.3 is 11.6 Å². The van der Waals surface area contributed by atoms with Crippen molar-refractivity contribution in [3.05, 3.63) is 17.7 Å². The molecule has 0 spiro atoms. The summed E-state index contributed by atoms with van der Waals surface area (Å²) in [6.07, 6.45) is 1.76. The second kappa shape index (κ2) is 3.76. The van der Waals surface area contributed by atoms with Crippen molar-refractivity contribution in [3.63, 3.8) is 0 Å². The van der Waals surface area contributed by atoms with Gasteiger partial charge in [0.2, 0.25) is 0 Å². The largest absolute Gasteiger partial charge is 0.382 e. The van der Waals surface area contributed by atoms with Crippen LogP contribution in [0.3, 0.4) is 0 Å². The minimum absolute atomic E-state index is 0.156. The summed E-state index contributed by atoms with van der Waals surface area (Å²) in [7, 11) is 1.89. The number of nitrogens with two attached hydrogens (primary N) is 2. The summed E-state index contributed by atoms with van der Waals surface area (Å²) < 4.78 is 3.25. The Morgan fingerprint density at radius 2 is 1.89 bits per heavy atom. The zero-order valence-corrected chi connectivity index (χ0v) is 11.5. The van der Waals surface area contributed by atoms with Gasteiger partial charge in [-0.1, -0.05) is 20.8 Å². The molecule has 0 fully saturated rings. The Hall–Kier alpha value is -1.98.